The Morgan fingerprint density at radius 3 is 2.70 bits per heavy atom. The second kappa shape index (κ2) is 6.98. The number of anilines is 2. The summed E-state index contributed by atoms with van der Waals surface area (Å²) < 4.78 is 5.07. The molecule has 1 fully saturated rings. The number of hydrogen-bond donors (Lipinski definition) is 3. The fourth-order valence-electron chi connectivity index (χ4n) is 3.14. The van der Waals surface area contributed by atoms with Crippen molar-refractivity contribution < 1.29 is 9.53 Å². The molecule has 27 heavy (non-hydrogen) atoms. The summed E-state index contributed by atoms with van der Waals surface area (Å²) in [5.74, 6) is 0.444. The highest BCUT2D eigenvalue weighted by molar-refractivity contribution is 5.90. The number of carbonyl (C=O) groups is 1. The molecule has 10 nitrogen and oxygen atoms in total. The van der Waals surface area contributed by atoms with E-state index in [1.807, 2.05) is 6.07 Å². The summed E-state index contributed by atoms with van der Waals surface area (Å²) >= 11 is 0. The molecule has 4 rings (SSSR count). The van der Waals surface area contributed by atoms with Crippen molar-refractivity contribution >= 4 is 28.6 Å². The molecule has 0 unspecified atom stereocenters. The van der Waals surface area contributed by atoms with E-state index in [0.717, 1.165) is 5.69 Å². The van der Waals surface area contributed by atoms with Crippen molar-refractivity contribution in [3.63, 3.8) is 0 Å². The largest absolute Gasteiger partial charge is 0.481 e. The number of methoxy groups -OCH3 is 1. The lowest BCUT2D eigenvalue weighted by molar-refractivity contribution is 0.208. The summed E-state index contributed by atoms with van der Waals surface area (Å²) in [6.07, 6.45) is 3.25. The molecule has 0 aliphatic carbocycles. The Labute approximate surface area is 154 Å². The van der Waals surface area contributed by atoms with E-state index in [4.69, 9.17) is 4.74 Å². The lowest BCUT2D eigenvalue weighted by Crippen LogP contribution is -2.50. The van der Waals surface area contributed by atoms with Crippen LogP contribution in [0.15, 0.2) is 35.4 Å². The third kappa shape index (κ3) is 3.41. The Bertz CT molecular complexity index is 1020. The number of imidazole rings is 1. The second-order valence-corrected chi connectivity index (χ2v) is 6.12. The molecule has 1 saturated heterocycles. The average Bonchev–Trinajstić information content (AvgIpc) is 3.08. The zero-order chi connectivity index (χ0) is 18.8. The first kappa shape index (κ1) is 16.9. The van der Waals surface area contributed by atoms with Crippen molar-refractivity contribution in [2.45, 2.75) is 0 Å². The molecule has 3 aromatic rings. The van der Waals surface area contributed by atoms with Crippen molar-refractivity contribution in [1.82, 2.24) is 24.8 Å². The van der Waals surface area contributed by atoms with Gasteiger partial charge in [-0.2, -0.15) is 0 Å². The number of H-pyrrole nitrogens is 2. The number of hydrogen-bond acceptors (Lipinski definition) is 6. The van der Waals surface area contributed by atoms with E-state index in [1.165, 1.54) is 7.11 Å². The number of nitrogens with one attached hydrogen (secondary N) is 3. The number of aromatic amines is 2. The zero-order valence-electron chi connectivity index (χ0n) is 14.7. The fraction of sp³-hybridized carbons (Fsp3) is 0.294. The second-order valence-electron chi connectivity index (χ2n) is 6.12. The van der Waals surface area contributed by atoms with Gasteiger partial charge in [0.2, 0.25) is 5.88 Å². The molecule has 0 spiro atoms. The minimum Gasteiger partial charge on any atom is -0.481 e. The zero-order valence-corrected chi connectivity index (χ0v) is 14.7. The Kier molecular flexibility index (Phi) is 4.37. The highest BCUT2D eigenvalue weighted by atomic mass is 16.5. The Morgan fingerprint density at radius 1 is 1.15 bits per heavy atom. The van der Waals surface area contributed by atoms with Gasteiger partial charge in [-0.1, -0.05) is 0 Å². The van der Waals surface area contributed by atoms with E-state index in [1.54, 1.807) is 29.4 Å². The molecule has 0 aromatic carbocycles. The SMILES string of the molecule is COc1cc(NC(=O)N2CCN(c3ccnc4[nH]c(=O)[nH]c34)CC2)ccn1. The van der Waals surface area contributed by atoms with Gasteiger partial charge in [0.15, 0.2) is 5.65 Å². The number of amides is 2. The maximum Gasteiger partial charge on any atom is 0.325 e. The molecule has 0 bridgehead atoms. The van der Waals surface area contributed by atoms with Gasteiger partial charge in [0.05, 0.1) is 12.8 Å². The van der Waals surface area contributed by atoms with Crippen LogP contribution in [0, 0.1) is 0 Å². The third-order valence-electron chi connectivity index (χ3n) is 4.50. The van der Waals surface area contributed by atoms with Crippen molar-refractivity contribution in [3.8, 4) is 5.88 Å². The molecule has 0 radical (unpaired) electrons. The normalized spacial score (nSPS) is 14.4. The fourth-order valence-corrected chi connectivity index (χ4v) is 3.14. The molecule has 3 aromatic heterocycles. The summed E-state index contributed by atoms with van der Waals surface area (Å²) in [5, 5.41) is 2.86. The predicted octanol–water partition coefficient (Wildman–Crippen LogP) is 1.01. The van der Waals surface area contributed by atoms with Gasteiger partial charge >= 0.3 is 11.7 Å². The number of piperazine rings is 1. The lowest BCUT2D eigenvalue weighted by Gasteiger charge is -2.36. The van der Waals surface area contributed by atoms with Crippen molar-refractivity contribution in [3.05, 3.63) is 41.1 Å². The summed E-state index contributed by atoms with van der Waals surface area (Å²) in [7, 11) is 1.53. The highest BCUT2D eigenvalue weighted by Gasteiger charge is 2.23. The maximum atomic E-state index is 12.5. The summed E-state index contributed by atoms with van der Waals surface area (Å²) in [5.41, 5.74) is 2.47. The number of rotatable bonds is 3. The predicted molar refractivity (Wildman–Crippen MR) is 100 cm³/mol. The number of fused-ring (bicyclic) bond motifs is 1. The van der Waals surface area contributed by atoms with E-state index in [2.05, 4.69) is 30.2 Å². The van der Waals surface area contributed by atoms with Crippen molar-refractivity contribution in [2.24, 2.45) is 0 Å². The van der Waals surface area contributed by atoms with Gasteiger partial charge in [0.1, 0.15) is 5.52 Å². The van der Waals surface area contributed by atoms with Gasteiger partial charge in [0, 0.05) is 50.3 Å². The topological polar surface area (TPSA) is 119 Å². The molecule has 0 saturated carbocycles. The van der Waals surface area contributed by atoms with Crippen LogP contribution in [0.2, 0.25) is 0 Å². The summed E-state index contributed by atoms with van der Waals surface area (Å²) in [6.45, 7) is 2.43. The van der Waals surface area contributed by atoms with Gasteiger partial charge < -0.3 is 24.8 Å². The number of ether oxygens (including phenoxy) is 1. The molecule has 1 aliphatic heterocycles. The number of pyridine rings is 2. The van der Waals surface area contributed by atoms with Crippen LogP contribution in [0.25, 0.3) is 11.2 Å². The molecule has 140 valence electrons. The smallest absolute Gasteiger partial charge is 0.325 e. The third-order valence-corrected chi connectivity index (χ3v) is 4.50. The van der Waals surface area contributed by atoms with E-state index in [-0.39, 0.29) is 11.7 Å². The monoisotopic (exact) mass is 369 g/mol. The van der Waals surface area contributed by atoms with Crippen molar-refractivity contribution in [2.75, 3.05) is 43.5 Å². The van der Waals surface area contributed by atoms with Crippen LogP contribution >= 0.6 is 0 Å². The number of urea groups is 1. The van der Waals surface area contributed by atoms with E-state index >= 15 is 0 Å². The maximum absolute atomic E-state index is 12.5. The van der Waals surface area contributed by atoms with Gasteiger partial charge in [-0.05, 0) is 12.1 Å². The van der Waals surface area contributed by atoms with Crippen LogP contribution in [0.4, 0.5) is 16.2 Å². The molecular weight excluding hydrogens is 350 g/mol. The Balaban J connectivity index is 1.42. The summed E-state index contributed by atoms with van der Waals surface area (Å²) in [6, 6.07) is 5.08. The Morgan fingerprint density at radius 2 is 1.93 bits per heavy atom. The minimum atomic E-state index is -0.282. The van der Waals surface area contributed by atoms with E-state index < -0.39 is 0 Å². The molecule has 10 heteroatoms. The molecule has 4 heterocycles. The standard InChI is InChI=1S/C17H19N7O3/c1-27-13-10-11(2-4-18-13)20-17(26)24-8-6-23(7-9-24)12-3-5-19-15-14(12)21-16(25)22-15/h2-5,10H,6-9H2,1H3,(H,18,20,26)(H2,19,21,22,25). The molecular formula is C17H19N7O3. The molecule has 1 aliphatic rings. The van der Waals surface area contributed by atoms with Gasteiger partial charge in [-0.3, -0.25) is 4.98 Å². The first-order valence-electron chi connectivity index (χ1n) is 8.52. The van der Waals surface area contributed by atoms with Crippen LogP contribution in [-0.2, 0) is 0 Å². The Hall–Kier alpha value is -3.56. The van der Waals surface area contributed by atoms with Gasteiger partial charge in [-0.25, -0.2) is 19.6 Å². The van der Waals surface area contributed by atoms with Gasteiger partial charge in [-0.15, -0.1) is 0 Å². The lowest BCUT2D eigenvalue weighted by atomic mass is 10.2. The van der Waals surface area contributed by atoms with Crippen LogP contribution < -0.4 is 20.6 Å². The number of aromatic nitrogens is 4. The minimum absolute atomic E-state index is 0.169. The average molecular weight is 369 g/mol. The van der Waals surface area contributed by atoms with Crippen LogP contribution in [0.1, 0.15) is 0 Å². The molecule has 2 amide bonds. The highest BCUT2D eigenvalue weighted by Crippen LogP contribution is 2.23. The van der Waals surface area contributed by atoms with Crippen LogP contribution in [0.3, 0.4) is 0 Å². The molecule has 0 atom stereocenters. The first-order valence-corrected chi connectivity index (χ1v) is 8.52. The van der Waals surface area contributed by atoms with Crippen LogP contribution in [0.5, 0.6) is 5.88 Å². The quantitative estimate of drug-likeness (QED) is 0.634. The first-order chi connectivity index (χ1) is 13.1. The summed E-state index contributed by atoms with van der Waals surface area (Å²) in [4.78, 5) is 41.5. The van der Waals surface area contributed by atoms with E-state index in [9.17, 15) is 9.59 Å². The van der Waals surface area contributed by atoms with Gasteiger partial charge in [0.25, 0.3) is 0 Å². The van der Waals surface area contributed by atoms with Crippen molar-refractivity contribution in [1.29, 1.82) is 0 Å². The number of carbonyl (C=O) groups excluding carboxylic acids is 1. The molecule has 3 N–H and O–H groups in total. The number of nitrogens with zero attached hydrogens (tertiary/aromatic N) is 4. The van der Waals surface area contributed by atoms with E-state index in [0.29, 0.717) is 48.9 Å². The van der Waals surface area contributed by atoms with Crippen LogP contribution in [-0.4, -0.2) is 64.2 Å².